The zero-order valence-electron chi connectivity index (χ0n) is 15.0. The van der Waals surface area contributed by atoms with Crippen LogP contribution in [-0.4, -0.2) is 36.6 Å². The molecular formula is C20H26O5. The van der Waals surface area contributed by atoms with Crippen LogP contribution >= 0.6 is 0 Å². The summed E-state index contributed by atoms with van der Waals surface area (Å²) < 4.78 is 16.1. The molecule has 0 spiro atoms. The van der Waals surface area contributed by atoms with Crippen molar-refractivity contribution in [2.24, 2.45) is 0 Å². The highest BCUT2D eigenvalue weighted by molar-refractivity contribution is 5.29. The second kappa shape index (κ2) is 8.85. The van der Waals surface area contributed by atoms with Crippen molar-refractivity contribution in [1.82, 2.24) is 0 Å². The number of hydrogen-bond donors (Lipinski definition) is 2. The zero-order valence-corrected chi connectivity index (χ0v) is 15.0. The number of aliphatic hydroxyl groups excluding tert-OH is 2. The van der Waals surface area contributed by atoms with Crippen LogP contribution in [0.4, 0.5) is 0 Å². The summed E-state index contributed by atoms with van der Waals surface area (Å²) >= 11 is 0. The van der Waals surface area contributed by atoms with E-state index in [1.165, 1.54) is 0 Å². The third kappa shape index (κ3) is 4.95. The molecule has 5 heteroatoms. The summed E-state index contributed by atoms with van der Waals surface area (Å²) in [6.45, 7) is 3.57. The van der Waals surface area contributed by atoms with Crippen molar-refractivity contribution in [2.45, 2.75) is 38.3 Å². The maximum Gasteiger partial charge on any atom is 0.118 e. The van der Waals surface area contributed by atoms with Crippen LogP contribution in [0.5, 0.6) is 11.5 Å². The zero-order chi connectivity index (χ0) is 18.4. The minimum Gasteiger partial charge on any atom is -0.497 e. The summed E-state index contributed by atoms with van der Waals surface area (Å²) in [5, 5.41) is 20.9. The lowest BCUT2D eigenvalue weighted by atomic mass is 10.0. The fourth-order valence-electron chi connectivity index (χ4n) is 2.63. The van der Waals surface area contributed by atoms with Crippen molar-refractivity contribution in [3.63, 3.8) is 0 Å². The summed E-state index contributed by atoms with van der Waals surface area (Å²) in [6, 6.07) is 14.4. The number of methoxy groups -OCH3 is 2. The molecule has 0 aliphatic carbocycles. The Morgan fingerprint density at radius 3 is 1.24 bits per heavy atom. The van der Waals surface area contributed by atoms with Gasteiger partial charge in [-0.3, -0.25) is 0 Å². The topological polar surface area (TPSA) is 68.2 Å². The standard InChI is InChI=1S/C20H26O5/c1-13(19(21)15-5-9-17(23-3)10-6-15)25-14(2)20(22)16-7-11-18(24-4)12-8-16/h5-14,19-22H,1-4H3/t13-,14-,19-,20-/m1/s1. The van der Waals surface area contributed by atoms with Crippen LogP contribution in [0.15, 0.2) is 48.5 Å². The molecule has 2 aromatic carbocycles. The van der Waals surface area contributed by atoms with Gasteiger partial charge in [0.2, 0.25) is 0 Å². The minimum absolute atomic E-state index is 0.476. The molecule has 0 saturated carbocycles. The normalized spacial score (nSPS) is 15.9. The molecule has 0 saturated heterocycles. The van der Waals surface area contributed by atoms with Crippen molar-refractivity contribution in [1.29, 1.82) is 0 Å². The van der Waals surface area contributed by atoms with Gasteiger partial charge in [0.05, 0.1) is 26.4 Å². The Balaban J connectivity index is 1.98. The third-order valence-corrected chi connectivity index (χ3v) is 4.23. The Morgan fingerprint density at radius 2 is 0.960 bits per heavy atom. The fourth-order valence-corrected chi connectivity index (χ4v) is 2.63. The summed E-state index contributed by atoms with van der Waals surface area (Å²) in [7, 11) is 3.19. The first kappa shape index (κ1) is 19.2. The van der Waals surface area contributed by atoms with E-state index >= 15 is 0 Å². The quantitative estimate of drug-likeness (QED) is 0.768. The van der Waals surface area contributed by atoms with Crippen LogP contribution in [0.2, 0.25) is 0 Å². The van der Waals surface area contributed by atoms with Gasteiger partial charge in [0, 0.05) is 0 Å². The molecule has 2 rings (SSSR count). The molecule has 2 aromatic rings. The largest absolute Gasteiger partial charge is 0.497 e. The van der Waals surface area contributed by atoms with Crippen LogP contribution in [0, 0.1) is 0 Å². The predicted octanol–water partition coefficient (Wildman–Crippen LogP) is 3.26. The Kier molecular flexibility index (Phi) is 6.82. The first-order chi connectivity index (χ1) is 12.0. The van der Waals surface area contributed by atoms with E-state index in [1.807, 2.05) is 0 Å². The van der Waals surface area contributed by atoms with E-state index in [4.69, 9.17) is 14.2 Å². The van der Waals surface area contributed by atoms with Crippen LogP contribution in [0.1, 0.15) is 37.2 Å². The van der Waals surface area contributed by atoms with Crippen LogP contribution < -0.4 is 9.47 Å². The summed E-state index contributed by atoms with van der Waals surface area (Å²) in [5.74, 6) is 1.46. The number of hydrogen-bond acceptors (Lipinski definition) is 5. The van der Waals surface area contributed by atoms with Gasteiger partial charge >= 0.3 is 0 Å². The van der Waals surface area contributed by atoms with Crippen LogP contribution in [0.3, 0.4) is 0 Å². The van der Waals surface area contributed by atoms with Crippen molar-refractivity contribution in [2.75, 3.05) is 14.2 Å². The average Bonchev–Trinajstić information content (AvgIpc) is 2.66. The van der Waals surface area contributed by atoms with Gasteiger partial charge in [-0.2, -0.15) is 0 Å². The van der Waals surface area contributed by atoms with Gasteiger partial charge in [0.1, 0.15) is 23.7 Å². The second-order valence-corrected chi connectivity index (χ2v) is 5.98. The Labute approximate surface area is 148 Å². The highest BCUT2D eigenvalue weighted by atomic mass is 16.5. The molecular weight excluding hydrogens is 320 g/mol. The maximum atomic E-state index is 10.5. The molecule has 0 bridgehead atoms. The van der Waals surface area contributed by atoms with Crippen LogP contribution in [-0.2, 0) is 4.74 Å². The third-order valence-electron chi connectivity index (χ3n) is 4.23. The monoisotopic (exact) mass is 346 g/mol. The van der Waals surface area contributed by atoms with E-state index in [9.17, 15) is 10.2 Å². The molecule has 2 N–H and O–H groups in total. The smallest absolute Gasteiger partial charge is 0.118 e. The molecule has 0 amide bonds. The van der Waals surface area contributed by atoms with E-state index in [-0.39, 0.29) is 0 Å². The van der Waals surface area contributed by atoms with Gasteiger partial charge in [-0.1, -0.05) is 24.3 Å². The van der Waals surface area contributed by atoms with Gasteiger partial charge in [-0.25, -0.2) is 0 Å². The highest BCUT2D eigenvalue weighted by Gasteiger charge is 2.24. The number of rotatable bonds is 8. The number of aliphatic hydroxyl groups is 2. The van der Waals surface area contributed by atoms with E-state index < -0.39 is 24.4 Å². The highest BCUT2D eigenvalue weighted by Crippen LogP contribution is 2.27. The lowest BCUT2D eigenvalue weighted by Gasteiger charge is -2.27. The molecule has 25 heavy (non-hydrogen) atoms. The van der Waals surface area contributed by atoms with Crippen molar-refractivity contribution >= 4 is 0 Å². The van der Waals surface area contributed by atoms with E-state index in [1.54, 1.807) is 76.6 Å². The number of benzene rings is 2. The van der Waals surface area contributed by atoms with E-state index in [0.29, 0.717) is 0 Å². The van der Waals surface area contributed by atoms with Crippen molar-refractivity contribution < 1.29 is 24.4 Å². The molecule has 0 radical (unpaired) electrons. The summed E-state index contributed by atoms with van der Waals surface area (Å²) in [5.41, 5.74) is 1.47. The molecule has 0 aliphatic heterocycles. The Morgan fingerprint density at radius 1 is 0.640 bits per heavy atom. The second-order valence-electron chi connectivity index (χ2n) is 5.98. The van der Waals surface area contributed by atoms with Gasteiger partial charge in [-0.15, -0.1) is 0 Å². The average molecular weight is 346 g/mol. The SMILES string of the molecule is COc1ccc([C@H](O)[C@@H](C)O[C@H](C)[C@@H](O)c2ccc(OC)cc2)cc1. The lowest BCUT2D eigenvalue weighted by Crippen LogP contribution is -2.28. The first-order valence-corrected chi connectivity index (χ1v) is 8.25. The van der Waals surface area contributed by atoms with Gasteiger partial charge in [0.15, 0.2) is 0 Å². The molecule has 4 atom stereocenters. The summed E-state index contributed by atoms with van der Waals surface area (Å²) in [4.78, 5) is 0. The molecule has 136 valence electrons. The lowest BCUT2D eigenvalue weighted by molar-refractivity contribution is -0.104. The Bertz CT molecular complexity index is 581. The first-order valence-electron chi connectivity index (χ1n) is 8.25. The predicted molar refractivity (Wildman–Crippen MR) is 95.9 cm³/mol. The van der Waals surface area contributed by atoms with Crippen LogP contribution in [0.25, 0.3) is 0 Å². The molecule has 0 aromatic heterocycles. The molecule has 0 fully saturated rings. The van der Waals surface area contributed by atoms with Gasteiger partial charge < -0.3 is 24.4 Å². The maximum absolute atomic E-state index is 10.5. The molecule has 0 unspecified atom stereocenters. The van der Waals surface area contributed by atoms with E-state index in [0.717, 1.165) is 22.6 Å². The molecule has 0 heterocycles. The Hall–Kier alpha value is -2.08. The van der Waals surface area contributed by atoms with Crippen molar-refractivity contribution in [3.05, 3.63) is 59.7 Å². The van der Waals surface area contributed by atoms with Gasteiger partial charge in [0.25, 0.3) is 0 Å². The summed E-state index contributed by atoms with van der Waals surface area (Å²) in [6.07, 6.45) is -2.54. The van der Waals surface area contributed by atoms with Crippen molar-refractivity contribution in [3.8, 4) is 11.5 Å². The molecule has 5 nitrogen and oxygen atoms in total. The minimum atomic E-state index is -0.795. The van der Waals surface area contributed by atoms with Gasteiger partial charge in [-0.05, 0) is 49.2 Å². The van der Waals surface area contributed by atoms with E-state index in [2.05, 4.69) is 0 Å². The fraction of sp³-hybridized carbons (Fsp3) is 0.400. The molecule has 0 aliphatic rings. The number of ether oxygens (including phenoxy) is 3.